The minimum atomic E-state index is 0.0522. The molecule has 0 aromatic carbocycles. The molecule has 0 spiro atoms. The molecule has 3 heteroatoms. The molecule has 0 aromatic rings. The van der Waals surface area contributed by atoms with Crippen molar-refractivity contribution in [1.82, 2.24) is 5.32 Å². The summed E-state index contributed by atoms with van der Waals surface area (Å²) >= 11 is 0. The maximum Gasteiger partial charge on any atom is 0.134 e. The minimum absolute atomic E-state index is 0.0522. The zero-order valence-corrected chi connectivity index (χ0v) is 9.68. The van der Waals surface area contributed by atoms with E-state index in [0.29, 0.717) is 18.9 Å². The van der Waals surface area contributed by atoms with Crippen molar-refractivity contribution >= 4 is 5.78 Å². The molecule has 3 N–H and O–H groups in total. The van der Waals surface area contributed by atoms with Crippen LogP contribution in [0.1, 0.15) is 46.5 Å². The molecule has 0 aromatic heterocycles. The number of nitrogens with one attached hydrogen (secondary N) is 1. The normalized spacial score (nSPS) is 13.2. The molecule has 0 aliphatic heterocycles. The fourth-order valence-corrected chi connectivity index (χ4v) is 1.29. The molecule has 0 bridgehead atoms. The van der Waals surface area contributed by atoms with Gasteiger partial charge in [0, 0.05) is 24.9 Å². The molecule has 0 radical (unpaired) electrons. The Labute approximate surface area is 87.4 Å². The number of hydrogen-bond acceptors (Lipinski definition) is 3. The van der Waals surface area contributed by atoms with Gasteiger partial charge in [-0.05, 0) is 19.4 Å². The predicted octanol–water partition coefficient (Wildman–Crippen LogP) is 1.46. The Hall–Kier alpha value is -0.410. The van der Waals surface area contributed by atoms with E-state index in [1.165, 1.54) is 0 Å². The first-order valence-electron chi connectivity index (χ1n) is 5.57. The van der Waals surface area contributed by atoms with Crippen LogP contribution >= 0.6 is 0 Å². The van der Waals surface area contributed by atoms with Crippen LogP contribution in [0.4, 0.5) is 0 Å². The molecule has 0 amide bonds. The Morgan fingerprint density at radius 1 is 1.43 bits per heavy atom. The molecule has 3 nitrogen and oxygen atoms in total. The van der Waals surface area contributed by atoms with E-state index >= 15 is 0 Å². The number of nitrogens with two attached hydrogens (primary N) is 1. The molecule has 1 atom stereocenters. The Morgan fingerprint density at radius 2 is 2.07 bits per heavy atom. The average molecular weight is 200 g/mol. The second-order valence-electron chi connectivity index (χ2n) is 4.11. The summed E-state index contributed by atoms with van der Waals surface area (Å²) in [7, 11) is 0. The van der Waals surface area contributed by atoms with Crippen LogP contribution in [0.2, 0.25) is 0 Å². The third-order valence-electron chi connectivity index (χ3n) is 2.19. The van der Waals surface area contributed by atoms with Crippen LogP contribution in [-0.4, -0.2) is 24.4 Å². The topological polar surface area (TPSA) is 55.1 Å². The summed E-state index contributed by atoms with van der Waals surface area (Å²) in [6, 6.07) is 0.583. The molecular weight excluding hydrogens is 176 g/mol. The molecule has 0 heterocycles. The number of rotatable bonds is 8. The molecule has 0 fully saturated rings. The molecule has 0 saturated heterocycles. The third-order valence-corrected chi connectivity index (χ3v) is 2.19. The maximum atomic E-state index is 11.1. The van der Waals surface area contributed by atoms with Crippen molar-refractivity contribution < 1.29 is 4.79 Å². The number of carbonyl (C=O) groups is 1. The van der Waals surface area contributed by atoms with E-state index in [4.69, 9.17) is 5.73 Å². The first-order chi connectivity index (χ1) is 6.56. The van der Waals surface area contributed by atoms with Gasteiger partial charge in [0.25, 0.3) is 0 Å². The summed E-state index contributed by atoms with van der Waals surface area (Å²) in [6.07, 6.45) is 3.14. The van der Waals surface area contributed by atoms with Crippen molar-refractivity contribution in [2.24, 2.45) is 5.73 Å². The van der Waals surface area contributed by atoms with Gasteiger partial charge in [-0.15, -0.1) is 0 Å². The monoisotopic (exact) mass is 200 g/mol. The van der Waals surface area contributed by atoms with Crippen molar-refractivity contribution in [1.29, 1.82) is 0 Å². The van der Waals surface area contributed by atoms with Crippen LogP contribution < -0.4 is 11.1 Å². The number of hydrogen-bond donors (Lipinski definition) is 2. The number of ketones is 1. The first-order valence-corrected chi connectivity index (χ1v) is 5.57. The summed E-state index contributed by atoms with van der Waals surface area (Å²) in [4.78, 5) is 11.1. The highest BCUT2D eigenvalue weighted by molar-refractivity contribution is 5.78. The van der Waals surface area contributed by atoms with Crippen LogP contribution in [0.3, 0.4) is 0 Å². The van der Waals surface area contributed by atoms with E-state index in [-0.39, 0.29) is 11.8 Å². The lowest BCUT2D eigenvalue weighted by molar-refractivity contribution is -0.119. The molecule has 1 unspecified atom stereocenters. The highest BCUT2D eigenvalue weighted by atomic mass is 16.1. The summed E-state index contributed by atoms with van der Waals surface area (Å²) in [5.74, 6) is 0.273. The molecule has 0 rings (SSSR count). The second kappa shape index (κ2) is 7.94. The van der Waals surface area contributed by atoms with E-state index in [1.54, 1.807) is 0 Å². The Kier molecular flexibility index (Phi) is 7.71. The van der Waals surface area contributed by atoms with Gasteiger partial charge in [0.1, 0.15) is 5.78 Å². The lowest BCUT2D eigenvalue weighted by Crippen LogP contribution is -2.27. The minimum Gasteiger partial charge on any atom is -0.327 e. The zero-order valence-electron chi connectivity index (χ0n) is 9.68. The lowest BCUT2D eigenvalue weighted by Gasteiger charge is -2.11. The van der Waals surface area contributed by atoms with Crippen molar-refractivity contribution in [3.8, 4) is 0 Å². The molecular formula is C11H24N2O. The fraction of sp³-hybridized carbons (Fsp3) is 0.909. The van der Waals surface area contributed by atoms with Gasteiger partial charge in [0.15, 0.2) is 0 Å². The summed E-state index contributed by atoms with van der Waals surface area (Å²) in [5.41, 5.74) is 5.82. The third kappa shape index (κ3) is 8.20. The van der Waals surface area contributed by atoms with Crippen molar-refractivity contribution in [2.45, 2.75) is 58.5 Å². The van der Waals surface area contributed by atoms with Gasteiger partial charge in [-0.25, -0.2) is 0 Å². The van der Waals surface area contributed by atoms with Crippen LogP contribution in [0, 0.1) is 0 Å². The van der Waals surface area contributed by atoms with E-state index in [9.17, 15) is 4.79 Å². The highest BCUT2D eigenvalue weighted by Crippen LogP contribution is 2.01. The summed E-state index contributed by atoms with van der Waals surface area (Å²) in [6.45, 7) is 7.13. The fourth-order valence-electron chi connectivity index (χ4n) is 1.29. The van der Waals surface area contributed by atoms with Gasteiger partial charge in [0.2, 0.25) is 0 Å². The molecule has 0 aliphatic carbocycles. The van der Waals surface area contributed by atoms with Crippen LogP contribution in [0.25, 0.3) is 0 Å². The van der Waals surface area contributed by atoms with Crippen molar-refractivity contribution in [3.05, 3.63) is 0 Å². The quantitative estimate of drug-likeness (QED) is 0.583. The molecule has 84 valence electrons. The van der Waals surface area contributed by atoms with Crippen LogP contribution in [0.15, 0.2) is 0 Å². The van der Waals surface area contributed by atoms with Gasteiger partial charge in [-0.2, -0.15) is 0 Å². The standard InChI is InChI=1S/C11H24N2O/c1-4-11(14)8-10(12)6-5-7-13-9(2)3/h9-10,13H,4-8,12H2,1-3H3. The molecule has 0 saturated carbocycles. The largest absolute Gasteiger partial charge is 0.327 e. The van der Waals surface area contributed by atoms with E-state index < -0.39 is 0 Å². The smallest absolute Gasteiger partial charge is 0.134 e. The Morgan fingerprint density at radius 3 is 2.57 bits per heavy atom. The zero-order chi connectivity index (χ0) is 11.0. The van der Waals surface area contributed by atoms with Crippen molar-refractivity contribution in [2.75, 3.05) is 6.54 Å². The predicted molar refractivity (Wildman–Crippen MR) is 60.3 cm³/mol. The van der Waals surface area contributed by atoms with Crippen molar-refractivity contribution in [3.63, 3.8) is 0 Å². The van der Waals surface area contributed by atoms with E-state index in [0.717, 1.165) is 19.4 Å². The highest BCUT2D eigenvalue weighted by Gasteiger charge is 2.07. The van der Waals surface area contributed by atoms with E-state index in [2.05, 4.69) is 19.2 Å². The number of carbonyl (C=O) groups excluding carboxylic acids is 1. The average Bonchev–Trinajstić information content (AvgIpc) is 2.12. The van der Waals surface area contributed by atoms with Gasteiger partial charge in [0.05, 0.1) is 0 Å². The van der Waals surface area contributed by atoms with Crippen LogP contribution in [0.5, 0.6) is 0 Å². The molecule has 14 heavy (non-hydrogen) atoms. The molecule has 0 aliphatic rings. The van der Waals surface area contributed by atoms with Gasteiger partial charge in [-0.1, -0.05) is 20.8 Å². The van der Waals surface area contributed by atoms with Gasteiger partial charge in [-0.3, -0.25) is 4.79 Å². The Balaban J connectivity index is 3.35. The number of Topliss-reactive ketones (excluding diaryl/α,β-unsaturated/α-hetero) is 1. The SMILES string of the molecule is CCC(=O)CC(N)CCCNC(C)C. The summed E-state index contributed by atoms with van der Waals surface area (Å²) < 4.78 is 0. The van der Waals surface area contributed by atoms with Gasteiger partial charge >= 0.3 is 0 Å². The van der Waals surface area contributed by atoms with Gasteiger partial charge < -0.3 is 11.1 Å². The summed E-state index contributed by atoms with van der Waals surface area (Å²) in [5, 5.41) is 3.33. The Bertz CT molecular complexity index is 157. The van der Waals surface area contributed by atoms with Crippen LogP contribution in [-0.2, 0) is 4.79 Å². The first kappa shape index (κ1) is 13.6. The maximum absolute atomic E-state index is 11.1. The second-order valence-corrected chi connectivity index (χ2v) is 4.11. The lowest BCUT2D eigenvalue weighted by atomic mass is 10.0. The van der Waals surface area contributed by atoms with E-state index in [1.807, 2.05) is 6.92 Å².